The fourth-order valence-corrected chi connectivity index (χ4v) is 1.68. The zero-order chi connectivity index (χ0) is 12.3. The van der Waals surface area contributed by atoms with Crippen LogP contribution >= 0.6 is 11.5 Å². The van der Waals surface area contributed by atoms with E-state index in [2.05, 4.69) is 25.5 Å². The zero-order valence-corrected chi connectivity index (χ0v) is 9.78. The van der Waals surface area contributed by atoms with Crippen LogP contribution in [0.1, 0.15) is 15.9 Å². The quantitative estimate of drug-likeness (QED) is 0.549. The molecule has 0 bridgehead atoms. The molecule has 0 unspecified atom stereocenters. The number of aromatic nitrogens is 3. The summed E-state index contributed by atoms with van der Waals surface area (Å²) in [5, 5.41) is 9.94. The molecule has 0 fully saturated rings. The number of rotatable bonds is 3. The van der Waals surface area contributed by atoms with Gasteiger partial charge in [0.1, 0.15) is 0 Å². The summed E-state index contributed by atoms with van der Waals surface area (Å²) in [6.45, 7) is 1.91. The molecule has 1 aromatic carbocycles. The average Bonchev–Trinajstić information content (AvgIpc) is 2.81. The van der Waals surface area contributed by atoms with Crippen LogP contribution in [0.3, 0.4) is 0 Å². The molecule has 0 saturated carbocycles. The van der Waals surface area contributed by atoms with E-state index < -0.39 is 0 Å². The van der Waals surface area contributed by atoms with Gasteiger partial charge in [-0.05, 0) is 29.8 Å². The summed E-state index contributed by atoms with van der Waals surface area (Å²) in [5.41, 5.74) is 4.49. The Morgan fingerprint density at radius 1 is 1.47 bits per heavy atom. The van der Waals surface area contributed by atoms with Crippen molar-refractivity contribution in [1.29, 1.82) is 0 Å². The Balaban J connectivity index is 2.24. The van der Waals surface area contributed by atoms with Crippen LogP contribution in [0.2, 0.25) is 0 Å². The van der Waals surface area contributed by atoms with E-state index in [1.54, 1.807) is 12.1 Å². The van der Waals surface area contributed by atoms with Gasteiger partial charge in [0.15, 0.2) is 0 Å². The SMILES string of the molecule is Cc1ccc(C(=O)Nc2nnns2)c(NN)c1. The summed E-state index contributed by atoms with van der Waals surface area (Å²) < 4.78 is 3.55. The van der Waals surface area contributed by atoms with Crippen LogP contribution in [0.25, 0.3) is 0 Å². The highest BCUT2D eigenvalue weighted by molar-refractivity contribution is 7.09. The average molecular weight is 250 g/mol. The Kier molecular flexibility index (Phi) is 3.26. The van der Waals surface area contributed by atoms with Gasteiger partial charge in [-0.3, -0.25) is 16.0 Å². The molecular formula is C9H10N6OS. The molecule has 0 aliphatic carbocycles. The molecule has 2 aromatic rings. The molecule has 0 atom stereocenters. The summed E-state index contributed by atoms with van der Waals surface area (Å²) in [7, 11) is 0. The van der Waals surface area contributed by atoms with Crippen molar-refractivity contribution in [2.45, 2.75) is 6.92 Å². The van der Waals surface area contributed by atoms with E-state index >= 15 is 0 Å². The first-order valence-corrected chi connectivity index (χ1v) is 5.51. The Bertz CT molecular complexity index is 526. The first-order valence-electron chi connectivity index (χ1n) is 4.74. The molecule has 1 amide bonds. The fraction of sp³-hybridized carbons (Fsp3) is 0.111. The van der Waals surface area contributed by atoms with Crippen LogP contribution < -0.4 is 16.6 Å². The molecule has 2 rings (SSSR count). The lowest BCUT2D eigenvalue weighted by atomic mass is 10.1. The maximum absolute atomic E-state index is 11.9. The highest BCUT2D eigenvalue weighted by atomic mass is 32.1. The van der Waals surface area contributed by atoms with Crippen LogP contribution in [0.4, 0.5) is 10.8 Å². The van der Waals surface area contributed by atoms with Gasteiger partial charge in [-0.2, -0.15) is 0 Å². The lowest BCUT2D eigenvalue weighted by Crippen LogP contribution is -2.17. The topological polar surface area (TPSA) is 106 Å². The molecular weight excluding hydrogens is 240 g/mol. The largest absolute Gasteiger partial charge is 0.323 e. The van der Waals surface area contributed by atoms with E-state index in [-0.39, 0.29) is 5.91 Å². The third kappa shape index (κ3) is 2.55. The van der Waals surface area contributed by atoms with Crippen molar-refractivity contribution in [3.05, 3.63) is 29.3 Å². The lowest BCUT2D eigenvalue weighted by molar-refractivity contribution is 0.102. The van der Waals surface area contributed by atoms with Gasteiger partial charge in [-0.1, -0.05) is 15.7 Å². The number of nitrogens with zero attached hydrogens (tertiary/aromatic N) is 3. The third-order valence-corrected chi connectivity index (χ3v) is 2.61. The molecule has 0 spiro atoms. The second-order valence-electron chi connectivity index (χ2n) is 3.32. The highest BCUT2D eigenvalue weighted by Crippen LogP contribution is 2.18. The van der Waals surface area contributed by atoms with E-state index in [0.717, 1.165) is 17.1 Å². The summed E-state index contributed by atoms with van der Waals surface area (Å²) in [6.07, 6.45) is 0. The molecule has 17 heavy (non-hydrogen) atoms. The number of benzene rings is 1. The highest BCUT2D eigenvalue weighted by Gasteiger charge is 2.12. The van der Waals surface area contributed by atoms with Crippen molar-refractivity contribution in [3.8, 4) is 0 Å². The molecule has 7 nitrogen and oxygen atoms in total. The molecule has 1 heterocycles. The molecule has 0 radical (unpaired) electrons. The van der Waals surface area contributed by atoms with Crippen molar-refractivity contribution >= 4 is 28.3 Å². The van der Waals surface area contributed by atoms with Crippen LogP contribution in [0.15, 0.2) is 18.2 Å². The number of aryl methyl sites for hydroxylation is 1. The Hall–Kier alpha value is -2.06. The minimum Gasteiger partial charge on any atom is -0.323 e. The normalized spacial score (nSPS) is 10.0. The standard InChI is InChI=1S/C9H10N6OS/c1-5-2-3-6(7(4-5)12-10)8(16)11-9-13-14-15-17-9/h2-4,12H,10H2,1H3,(H,11,13,15,16). The van der Waals surface area contributed by atoms with E-state index in [1.165, 1.54) is 0 Å². The van der Waals surface area contributed by atoms with Crippen LogP contribution in [-0.2, 0) is 0 Å². The van der Waals surface area contributed by atoms with Crippen molar-refractivity contribution in [2.24, 2.45) is 5.84 Å². The Labute approximate surface area is 101 Å². The second-order valence-corrected chi connectivity index (χ2v) is 4.05. The van der Waals surface area contributed by atoms with Crippen molar-refractivity contribution < 1.29 is 4.79 Å². The van der Waals surface area contributed by atoms with E-state index in [4.69, 9.17) is 5.84 Å². The molecule has 8 heteroatoms. The van der Waals surface area contributed by atoms with Gasteiger partial charge in [-0.15, -0.1) is 0 Å². The minimum atomic E-state index is -0.309. The smallest absolute Gasteiger partial charge is 0.259 e. The summed E-state index contributed by atoms with van der Waals surface area (Å²) in [4.78, 5) is 11.9. The van der Waals surface area contributed by atoms with Gasteiger partial charge in [0, 0.05) is 11.5 Å². The number of amides is 1. The predicted molar refractivity (Wildman–Crippen MR) is 64.6 cm³/mol. The second kappa shape index (κ2) is 4.85. The van der Waals surface area contributed by atoms with E-state index in [0.29, 0.717) is 16.4 Å². The maximum Gasteiger partial charge on any atom is 0.259 e. The van der Waals surface area contributed by atoms with Gasteiger partial charge in [0.2, 0.25) is 5.13 Å². The molecule has 0 aliphatic heterocycles. The predicted octanol–water partition coefficient (Wildman–Crippen LogP) is 0.779. The van der Waals surface area contributed by atoms with Gasteiger partial charge >= 0.3 is 0 Å². The minimum absolute atomic E-state index is 0.309. The van der Waals surface area contributed by atoms with Crippen molar-refractivity contribution in [1.82, 2.24) is 14.8 Å². The number of nitrogens with one attached hydrogen (secondary N) is 2. The number of carbonyl (C=O) groups is 1. The van der Waals surface area contributed by atoms with Crippen LogP contribution in [-0.4, -0.2) is 20.7 Å². The summed E-state index contributed by atoms with van der Waals surface area (Å²) in [5.74, 6) is 5.05. The number of anilines is 2. The van der Waals surface area contributed by atoms with Gasteiger partial charge in [-0.25, -0.2) is 0 Å². The number of hydrazine groups is 1. The van der Waals surface area contributed by atoms with Crippen molar-refractivity contribution in [3.63, 3.8) is 0 Å². The number of nitrogens with two attached hydrogens (primary N) is 1. The van der Waals surface area contributed by atoms with Gasteiger partial charge in [0.05, 0.1) is 11.3 Å². The molecule has 0 saturated heterocycles. The molecule has 1 aromatic heterocycles. The Morgan fingerprint density at radius 3 is 2.94 bits per heavy atom. The number of hydrogen-bond donors (Lipinski definition) is 3. The van der Waals surface area contributed by atoms with Gasteiger partial charge in [0.25, 0.3) is 5.91 Å². The third-order valence-electron chi connectivity index (χ3n) is 2.10. The first-order chi connectivity index (χ1) is 8.20. The van der Waals surface area contributed by atoms with Gasteiger partial charge < -0.3 is 5.43 Å². The summed E-state index contributed by atoms with van der Waals surface area (Å²) in [6, 6.07) is 5.30. The molecule has 4 N–H and O–H groups in total. The van der Waals surface area contributed by atoms with E-state index in [9.17, 15) is 4.79 Å². The van der Waals surface area contributed by atoms with Crippen LogP contribution in [0, 0.1) is 6.92 Å². The monoisotopic (exact) mass is 250 g/mol. The summed E-state index contributed by atoms with van der Waals surface area (Å²) >= 11 is 1.01. The molecule has 88 valence electrons. The maximum atomic E-state index is 11.9. The molecule has 0 aliphatic rings. The fourth-order valence-electron chi connectivity index (χ4n) is 1.32. The van der Waals surface area contributed by atoms with Crippen LogP contribution in [0.5, 0.6) is 0 Å². The Morgan fingerprint density at radius 2 is 2.29 bits per heavy atom. The lowest BCUT2D eigenvalue weighted by Gasteiger charge is -2.08. The van der Waals surface area contributed by atoms with Crippen molar-refractivity contribution in [2.75, 3.05) is 10.7 Å². The number of nitrogen functional groups attached to an aromatic ring is 1. The number of carbonyl (C=O) groups excluding carboxylic acids is 1. The first kappa shape index (κ1) is 11.4. The number of hydrogen-bond acceptors (Lipinski definition) is 7. The zero-order valence-electron chi connectivity index (χ0n) is 8.97. The van der Waals surface area contributed by atoms with E-state index in [1.807, 2.05) is 13.0 Å².